The van der Waals surface area contributed by atoms with E-state index in [4.69, 9.17) is 4.74 Å². The van der Waals surface area contributed by atoms with Crippen LogP contribution in [0.5, 0.6) is 11.5 Å². The molecule has 0 aliphatic heterocycles. The lowest BCUT2D eigenvalue weighted by molar-refractivity contribution is -0.394. The van der Waals surface area contributed by atoms with Gasteiger partial charge in [0.15, 0.2) is 0 Å². The van der Waals surface area contributed by atoms with Gasteiger partial charge in [0.05, 0.1) is 28.5 Å². The first-order chi connectivity index (χ1) is 15.3. The molecule has 0 radical (unpaired) electrons. The molecular formula is C21H15BrN4O6. The molecule has 0 fully saturated rings. The van der Waals surface area contributed by atoms with Crippen LogP contribution < -0.4 is 10.2 Å². The van der Waals surface area contributed by atoms with Crippen molar-refractivity contribution in [3.8, 4) is 11.5 Å². The normalized spacial score (nSPS) is 10.7. The summed E-state index contributed by atoms with van der Waals surface area (Å²) in [5, 5.41) is 25.9. The Morgan fingerprint density at radius 3 is 2.31 bits per heavy atom. The summed E-state index contributed by atoms with van der Waals surface area (Å²) in [6, 6.07) is 16.9. The average molecular weight is 499 g/mol. The fourth-order valence-electron chi connectivity index (χ4n) is 2.60. The molecule has 0 aliphatic carbocycles. The number of nitrogens with zero attached hydrogens (tertiary/aromatic N) is 3. The Kier molecular flexibility index (Phi) is 7.24. The molecule has 3 aromatic carbocycles. The maximum absolute atomic E-state index is 11.9. The summed E-state index contributed by atoms with van der Waals surface area (Å²) in [4.78, 5) is 32.5. The Bertz CT molecular complexity index is 1180. The van der Waals surface area contributed by atoms with Crippen molar-refractivity contribution >= 4 is 39.4 Å². The van der Waals surface area contributed by atoms with Gasteiger partial charge in [0, 0.05) is 10.5 Å². The van der Waals surface area contributed by atoms with Gasteiger partial charge in [-0.25, -0.2) is 5.43 Å². The number of amides is 1. The molecule has 0 atom stereocenters. The molecule has 1 amide bonds. The summed E-state index contributed by atoms with van der Waals surface area (Å²) in [6.45, 7) is 0. The molecule has 162 valence electrons. The zero-order valence-corrected chi connectivity index (χ0v) is 17.9. The highest BCUT2D eigenvalue weighted by molar-refractivity contribution is 9.10. The minimum atomic E-state index is -0.750. The average Bonchev–Trinajstić information content (AvgIpc) is 2.76. The molecule has 10 nitrogen and oxygen atoms in total. The summed E-state index contributed by atoms with van der Waals surface area (Å²) in [5.74, 6) is -0.102. The zero-order chi connectivity index (χ0) is 23.1. The number of non-ortho nitro benzene ring substituents is 1. The van der Waals surface area contributed by atoms with Gasteiger partial charge >= 0.3 is 5.69 Å². The van der Waals surface area contributed by atoms with E-state index in [1.165, 1.54) is 12.3 Å². The summed E-state index contributed by atoms with van der Waals surface area (Å²) < 4.78 is 6.42. The second-order valence-corrected chi connectivity index (χ2v) is 7.35. The van der Waals surface area contributed by atoms with E-state index in [-0.39, 0.29) is 18.1 Å². The monoisotopic (exact) mass is 498 g/mol. The van der Waals surface area contributed by atoms with E-state index >= 15 is 0 Å². The van der Waals surface area contributed by atoms with E-state index in [9.17, 15) is 25.0 Å². The first kappa shape index (κ1) is 22.6. The lowest BCUT2D eigenvalue weighted by atomic mass is 10.1. The lowest BCUT2D eigenvalue weighted by Crippen LogP contribution is -2.19. The minimum absolute atomic E-state index is 0.123. The van der Waals surface area contributed by atoms with Crippen LogP contribution in [0.25, 0.3) is 0 Å². The molecule has 0 aliphatic rings. The Morgan fingerprint density at radius 1 is 1.00 bits per heavy atom. The van der Waals surface area contributed by atoms with Gasteiger partial charge in [-0.1, -0.05) is 28.1 Å². The number of hydrogen-bond acceptors (Lipinski definition) is 7. The number of hydrazone groups is 1. The molecule has 0 unspecified atom stereocenters. The molecule has 11 heteroatoms. The fourth-order valence-corrected chi connectivity index (χ4v) is 2.87. The molecular weight excluding hydrogens is 484 g/mol. The second kappa shape index (κ2) is 10.3. The molecule has 0 bridgehead atoms. The van der Waals surface area contributed by atoms with E-state index in [2.05, 4.69) is 26.5 Å². The number of ether oxygens (including phenoxy) is 1. The highest BCUT2D eigenvalue weighted by Gasteiger charge is 2.21. The van der Waals surface area contributed by atoms with Crippen LogP contribution in [-0.2, 0) is 11.2 Å². The number of benzene rings is 3. The topological polar surface area (TPSA) is 137 Å². The van der Waals surface area contributed by atoms with Crippen LogP contribution in [0.4, 0.5) is 11.4 Å². The van der Waals surface area contributed by atoms with E-state index < -0.39 is 21.2 Å². The molecule has 0 saturated heterocycles. The van der Waals surface area contributed by atoms with Gasteiger partial charge in [0.25, 0.3) is 5.69 Å². The van der Waals surface area contributed by atoms with Gasteiger partial charge in [0.2, 0.25) is 11.7 Å². The third kappa shape index (κ3) is 6.19. The van der Waals surface area contributed by atoms with E-state index in [1.807, 2.05) is 24.3 Å². The Labute approximate surface area is 190 Å². The molecule has 3 rings (SSSR count). The van der Waals surface area contributed by atoms with Crippen molar-refractivity contribution in [2.75, 3.05) is 0 Å². The van der Waals surface area contributed by atoms with Crippen molar-refractivity contribution in [1.82, 2.24) is 5.43 Å². The third-order valence-corrected chi connectivity index (χ3v) is 4.67. The van der Waals surface area contributed by atoms with Crippen LogP contribution in [-0.4, -0.2) is 22.0 Å². The number of hydrogen-bond donors (Lipinski definition) is 1. The summed E-state index contributed by atoms with van der Waals surface area (Å²) in [6.07, 6.45) is 1.63. The Hall–Kier alpha value is -4.12. The van der Waals surface area contributed by atoms with Crippen molar-refractivity contribution in [3.63, 3.8) is 0 Å². The molecule has 0 spiro atoms. The third-order valence-electron chi connectivity index (χ3n) is 4.14. The van der Waals surface area contributed by atoms with Gasteiger partial charge in [-0.15, -0.1) is 0 Å². The maximum Gasteiger partial charge on any atom is 0.318 e. The molecule has 32 heavy (non-hydrogen) atoms. The first-order valence-corrected chi connectivity index (χ1v) is 9.88. The SMILES string of the molecule is O=C(Cc1ccc(Br)cc1)N/N=C/c1ccc(Oc2ccc([N+](=O)[O-])cc2[N+](=O)[O-])cc1. The summed E-state index contributed by atoms with van der Waals surface area (Å²) in [7, 11) is 0. The summed E-state index contributed by atoms with van der Waals surface area (Å²) in [5.41, 5.74) is 3.02. The quantitative estimate of drug-likeness (QED) is 0.270. The molecule has 3 aromatic rings. The van der Waals surface area contributed by atoms with Crippen LogP contribution in [0.3, 0.4) is 0 Å². The molecule has 0 aromatic heterocycles. The second-order valence-electron chi connectivity index (χ2n) is 6.43. The number of nitro benzene ring substituents is 2. The Morgan fingerprint density at radius 2 is 1.69 bits per heavy atom. The highest BCUT2D eigenvalue weighted by atomic mass is 79.9. The summed E-state index contributed by atoms with van der Waals surface area (Å²) >= 11 is 3.33. The van der Waals surface area contributed by atoms with Crippen LogP contribution in [0, 0.1) is 20.2 Å². The van der Waals surface area contributed by atoms with E-state index in [1.54, 1.807) is 24.3 Å². The van der Waals surface area contributed by atoms with Crippen molar-refractivity contribution in [1.29, 1.82) is 0 Å². The van der Waals surface area contributed by atoms with Gasteiger partial charge < -0.3 is 4.74 Å². The van der Waals surface area contributed by atoms with Crippen LogP contribution in [0.15, 0.2) is 76.3 Å². The van der Waals surface area contributed by atoms with Crippen LogP contribution >= 0.6 is 15.9 Å². The number of carbonyl (C=O) groups excluding carboxylic acids is 1. The standard InChI is InChI=1S/C21H15BrN4O6/c22-16-5-1-14(2-6-16)11-21(27)24-23-13-15-3-8-18(9-4-15)32-20-10-7-17(25(28)29)12-19(20)26(30)31/h1-10,12-13H,11H2,(H,24,27)/b23-13+. The van der Waals surface area contributed by atoms with Crippen LogP contribution in [0.2, 0.25) is 0 Å². The van der Waals surface area contributed by atoms with E-state index in [0.29, 0.717) is 11.3 Å². The Balaban J connectivity index is 1.60. The van der Waals surface area contributed by atoms with Crippen LogP contribution in [0.1, 0.15) is 11.1 Å². The zero-order valence-electron chi connectivity index (χ0n) is 16.3. The predicted octanol–water partition coefficient (Wildman–Crippen LogP) is 4.75. The lowest BCUT2D eigenvalue weighted by Gasteiger charge is -2.06. The van der Waals surface area contributed by atoms with Gasteiger partial charge in [0.1, 0.15) is 5.75 Å². The van der Waals surface area contributed by atoms with Gasteiger partial charge in [-0.2, -0.15) is 5.10 Å². The van der Waals surface area contributed by atoms with Crippen molar-refractivity contribution in [2.24, 2.45) is 5.10 Å². The number of halogens is 1. The molecule has 0 saturated carbocycles. The number of carbonyl (C=O) groups is 1. The molecule has 1 N–H and O–H groups in total. The van der Waals surface area contributed by atoms with Crippen molar-refractivity contribution in [3.05, 3.63) is 103 Å². The van der Waals surface area contributed by atoms with Crippen molar-refractivity contribution in [2.45, 2.75) is 6.42 Å². The highest BCUT2D eigenvalue weighted by Crippen LogP contribution is 2.34. The van der Waals surface area contributed by atoms with E-state index in [0.717, 1.165) is 22.2 Å². The number of rotatable bonds is 8. The van der Waals surface area contributed by atoms with Gasteiger partial charge in [-0.05, 0) is 53.6 Å². The predicted molar refractivity (Wildman–Crippen MR) is 120 cm³/mol. The maximum atomic E-state index is 11.9. The van der Waals surface area contributed by atoms with Gasteiger partial charge in [-0.3, -0.25) is 25.0 Å². The fraction of sp³-hybridized carbons (Fsp3) is 0.0476. The first-order valence-electron chi connectivity index (χ1n) is 9.09. The smallest absolute Gasteiger partial charge is 0.318 e. The number of nitrogens with one attached hydrogen (secondary N) is 1. The largest absolute Gasteiger partial charge is 0.450 e. The molecule has 0 heterocycles. The minimum Gasteiger partial charge on any atom is -0.450 e. The van der Waals surface area contributed by atoms with Crippen molar-refractivity contribution < 1.29 is 19.4 Å². The number of nitro groups is 2.